The first kappa shape index (κ1) is 18.5. The van der Waals surface area contributed by atoms with Gasteiger partial charge in [-0.15, -0.1) is 0 Å². The van der Waals surface area contributed by atoms with Crippen molar-refractivity contribution in [1.29, 1.82) is 0 Å². The molecule has 2 amide bonds. The molecule has 1 N–H and O–H groups in total. The van der Waals surface area contributed by atoms with Crippen LogP contribution in [0.15, 0.2) is 65.1 Å². The molecule has 0 spiro atoms. The van der Waals surface area contributed by atoms with Crippen LogP contribution >= 0.6 is 15.9 Å². The van der Waals surface area contributed by atoms with Crippen molar-refractivity contribution in [3.63, 3.8) is 0 Å². The number of amides is 2. The Morgan fingerprint density at radius 2 is 1.86 bits per heavy atom. The van der Waals surface area contributed by atoms with Crippen LogP contribution in [0.4, 0.5) is 11.4 Å². The minimum atomic E-state index is -0.269. The van der Waals surface area contributed by atoms with Crippen LogP contribution in [0, 0.1) is 0 Å². The standard InChI is InChI=1S/C22H19BrN2O3/c23-17-9-7-16-13-18(10-8-15(16)12-17)28-14-21(26)24-19-4-1-2-5-20(19)25-11-3-6-22(25)27/h1-2,4-5,7-10,12-13H,3,6,11,14H2,(H,24,26). The lowest BCUT2D eigenvalue weighted by atomic mass is 10.1. The monoisotopic (exact) mass is 438 g/mol. The molecule has 0 aromatic heterocycles. The van der Waals surface area contributed by atoms with E-state index >= 15 is 0 Å². The predicted molar refractivity (Wildman–Crippen MR) is 114 cm³/mol. The second-order valence-electron chi connectivity index (χ2n) is 6.66. The van der Waals surface area contributed by atoms with Gasteiger partial charge in [-0.05, 0) is 53.6 Å². The molecule has 28 heavy (non-hydrogen) atoms. The Bertz CT molecular complexity index is 1050. The van der Waals surface area contributed by atoms with Crippen molar-refractivity contribution in [2.75, 3.05) is 23.4 Å². The molecule has 0 bridgehead atoms. The predicted octanol–water partition coefficient (Wildman–Crippen LogP) is 4.75. The van der Waals surface area contributed by atoms with Crippen LogP contribution in [0.5, 0.6) is 5.75 Å². The maximum absolute atomic E-state index is 12.4. The summed E-state index contributed by atoms with van der Waals surface area (Å²) in [6.45, 7) is 0.569. The fourth-order valence-electron chi connectivity index (χ4n) is 3.34. The summed E-state index contributed by atoms with van der Waals surface area (Å²) in [6.07, 6.45) is 1.38. The van der Waals surface area contributed by atoms with E-state index in [0.29, 0.717) is 24.4 Å². The van der Waals surface area contributed by atoms with Crippen molar-refractivity contribution in [1.82, 2.24) is 0 Å². The molecule has 6 heteroatoms. The molecule has 4 rings (SSSR count). The van der Waals surface area contributed by atoms with E-state index in [4.69, 9.17) is 4.74 Å². The second-order valence-corrected chi connectivity index (χ2v) is 7.57. The molecule has 0 atom stereocenters. The highest BCUT2D eigenvalue weighted by atomic mass is 79.9. The average Bonchev–Trinajstić information content (AvgIpc) is 3.12. The van der Waals surface area contributed by atoms with Gasteiger partial charge in [0.15, 0.2) is 6.61 Å². The number of carbonyl (C=O) groups excluding carboxylic acids is 2. The lowest BCUT2D eigenvalue weighted by Gasteiger charge is -2.20. The number of ether oxygens (including phenoxy) is 1. The zero-order chi connectivity index (χ0) is 19.5. The van der Waals surface area contributed by atoms with E-state index in [1.54, 1.807) is 11.0 Å². The summed E-state index contributed by atoms with van der Waals surface area (Å²) in [6, 6.07) is 19.1. The number of nitrogens with one attached hydrogen (secondary N) is 1. The van der Waals surface area contributed by atoms with Gasteiger partial charge < -0.3 is 15.0 Å². The van der Waals surface area contributed by atoms with Crippen LogP contribution in [-0.4, -0.2) is 25.0 Å². The molecule has 1 aliphatic heterocycles. The molecule has 1 fully saturated rings. The summed E-state index contributed by atoms with van der Waals surface area (Å²) in [4.78, 5) is 26.2. The number of para-hydroxylation sites is 2. The zero-order valence-corrected chi connectivity index (χ0v) is 16.7. The molecule has 0 aliphatic carbocycles. The van der Waals surface area contributed by atoms with E-state index < -0.39 is 0 Å². The van der Waals surface area contributed by atoms with Crippen LogP contribution in [0.1, 0.15) is 12.8 Å². The Labute approximate surface area is 171 Å². The molecular weight excluding hydrogens is 420 g/mol. The minimum Gasteiger partial charge on any atom is -0.484 e. The first-order valence-electron chi connectivity index (χ1n) is 9.11. The van der Waals surface area contributed by atoms with E-state index in [1.165, 1.54) is 0 Å². The Kier molecular flexibility index (Phi) is 5.30. The summed E-state index contributed by atoms with van der Waals surface area (Å²) >= 11 is 3.46. The normalized spacial score (nSPS) is 13.8. The van der Waals surface area contributed by atoms with Crippen molar-refractivity contribution < 1.29 is 14.3 Å². The summed E-state index contributed by atoms with van der Waals surface area (Å²) < 4.78 is 6.68. The van der Waals surface area contributed by atoms with Crippen LogP contribution in [0.3, 0.4) is 0 Å². The fraction of sp³-hybridized carbons (Fsp3) is 0.182. The van der Waals surface area contributed by atoms with Crippen molar-refractivity contribution in [2.45, 2.75) is 12.8 Å². The van der Waals surface area contributed by atoms with Crippen LogP contribution < -0.4 is 15.0 Å². The van der Waals surface area contributed by atoms with Gasteiger partial charge >= 0.3 is 0 Å². The molecule has 5 nitrogen and oxygen atoms in total. The van der Waals surface area contributed by atoms with Gasteiger partial charge in [0.25, 0.3) is 5.91 Å². The number of fused-ring (bicyclic) bond motifs is 1. The maximum Gasteiger partial charge on any atom is 0.262 e. The lowest BCUT2D eigenvalue weighted by molar-refractivity contribution is -0.118. The third-order valence-electron chi connectivity index (χ3n) is 4.69. The van der Waals surface area contributed by atoms with E-state index in [1.807, 2.05) is 54.6 Å². The second kappa shape index (κ2) is 8.02. The summed E-state index contributed by atoms with van der Waals surface area (Å²) in [7, 11) is 0. The number of hydrogen-bond acceptors (Lipinski definition) is 3. The molecule has 1 aliphatic rings. The largest absolute Gasteiger partial charge is 0.484 e. The Morgan fingerprint density at radius 1 is 1.07 bits per heavy atom. The zero-order valence-electron chi connectivity index (χ0n) is 15.2. The molecule has 1 saturated heterocycles. The van der Waals surface area contributed by atoms with Crippen LogP contribution in [0.2, 0.25) is 0 Å². The topological polar surface area (TPSA) is 58.6 Å². The molecular formula is C22H19BrN2O3. The van der Waals surface area contributed by atoms with Crippen molar-refractivity contribution in [3.8, 4) is 5.75 Å². The van der Waals surface area contributed by atoms with Crippen LogP contribution in [0.25, 0.3) is 10.8 Å². The van der Waals surface area contributed by atoms with Crippen molar-refractivity contribution >= 4 is 49.9 Å². The lowest BCUT2D eigenvalue weighted by Crippen LogP contribution is -2.26. The number of benzene rings is 3. The smallest absolute Gasteiger partial charge is 0.262 e. The number of anilines is 2. The van der Waals surface area contributed by atoms with Gasteiger partial charge in [-0.3, -0.25) is 9.59 Å². The molecule has 0 unspecified atom stereocenters. The van der Waals surface area contributed by atoms with Gasteiger partial charge in [-0.1, -0.05) is 40.2 Å². The Morgan fingerprint density at radius 3 is 2.68 bits per heavy atom. The highest BCUT2D eigenvalue weighted by Crippen LogP contribution is 2.29. The number of rotatable bonds is 5. The summed E-state index contributed by atoms with van der Waals surface area (Å²) in [5.74, 6) is 0.448. The van der Waals surface area contributed by atoms with E-state index in [-0.39, 0.29) is 18.4 Å². The van der Waals surface area contributed by atoms with Gasteiger partial charge in [0.1, 0.15) is 5.75 Å². The number of hydrogen-bond donors (Lipinski definition) is 1. The fourth-order valence-corrected chi connectivity index (χ4v) is 3.72. The van der Waals surface area contributed by atoms with Crippen molar-refractivity contribution in [3.05, 3.63) is 65.1 Å². The Hall–Kier alpha value is -2.86. The third-order valence-corrected chi connectivity index (χ3v) is 5.18. The van der Waals surface area contributed by atoms with Gasteiger partial charge in [-0.2, -0.15) is 0 Å². The number of halogens is 1. The van der Waals surface area contributed by atoms with Crippen molar-refractivity contribution in [2.24, 2.45) is 0 Å². The SMILES string of the molecule is O=C(COc1ccc2cc(Br)ccc2c1)Nc1ccccc1N1CCCC1=O. The maximum atomic E-state index is 12.4. The summed E-state index contributed by atoms with van der Waals surface area (Å²) in [5, 5.41) is 4.99. The highest BCUT2D eigenvalue weighted by molar-refractivity contribution is 9.10. The number of carbonyl (C=O) groups is 2. The van der Waals surface area contributed by atoms with E-state index in [0.717, 1.165) is 27.4 Å². The molecule has 0 radical (unpaired) electrons. The van der Waals surface area contributed by atoms with Gasteiger partial charge in [0.05, 0.1) is 11.4 Å². The van der Waals surface area contributed by atoms with E-state index in [2.05, 4.69) is 21.2 Å². The summed E-state index contributed by atoms with van der Waals surface area (Å²) in [5.41, 5.74) is 1.35. The van der Waals surface area contributed by atoms with Gasteiger partial charge in [0.2, 0.25) is 5.91 Å². The third kappa shape index (κ3) is 4.02. The highest BCUT2D eigenvalue weighted by Gasteiger charge is 2.24. The van der Waals surface area contributed by atoms with Gasteiger partial charge in [0, 0.05) is 17.4 Å². The first-order chi connectivity index (χ1) is 13.6. The van der Waals surface area contributed by atoms with Crippen LogP contribution in [-0.2, 0) is 9.59 Å². The number of nitrogens with zero attached hydrogens (tertiary/aromatic N) is 1. The molecule has 1 heterocycles. The molecule has 3 aromatic carbocycles. The molecule has 0 saturated carbocycles. The first-order valence-corrected chi connectivity index (χ1v) is 9.91. The Balaban J connectivity index is 1.43. The average molecular weight is 439 g/mol. The molecule has 3 aromatic rings. The minimum absolute atomic E-state index is 0.0840. The van der Waals surface area contributed by atoms with E-state index in [9.17, 15) is 9.59 Å². The molecule has 142 valence electrons. The van der Waals surface area contributed by atoms with Gasteiger partial charge in [-0.25, -0.2) is 0 Å². The quantitative estimate of drug-likeness (QED) is 0.625.